The van der Waals surface area contributed by atoms with Crippen LogP contribution in [0.3, 0.4) is 0 Å². The van der Waals surface area contributed by atoms with Gasteiger partial charge in [-0.1, -0.05) is 11.6 Å². The van der Waals surface area contributed by atoms with Gasteiger partial charge in [-0.25, -0.2) is 9.37 Å². The summed E-state index contributed by atoms with van der Waals surface area (Å²) in [6, 6.07) is 4.32. The van der Waals surface area contributed by atoms with Crippen molar-refractivity contribution in [3.05, 3.63) is 39.7 Å². The Hall–Kier alpha value is -1.40. The Morgan fingerprint density at radius 2 is 2.21 bits per heavy atom. The molecular weight excluding hydrogens is 335 g/mol. The first-order valence-corrected chi connectivity index (χ1v) is 6.75. The maximum atomic E-state index is 13.0. The van der Waals surface area contributed by atoms with Crippen LogP contribution in [0.1, 0.15) is 6.92 Å². The first-order valence-electron chi connectivity index (χ1n) is 5.58. The van der Waals surface area contributed by atoms with Gasteiger partial charge in [0, 0.05) is 11.0 Å². The van der Waals surface area contributed by atoms with Crippen LogP contribution in [-0.2, 0) is 0 Å². The molecule has 0 spiro atoms. The molecule has 7 heteroatoms. The second kappa shape index (κ2) is 6.16. The molecular formula is C12H11BrClFN4. The summed E-state index contributed by atoms with van der Waals surface area (Å²) >= 11 is 9.30. The highest BCUT2D eigenvalue weighted by atomic mass is 79.9. The van der Waals surface area contributed by atoms with Crippen LogP contribution in [0.25, 0.3) is 0 Å². The van der Waals surface area contributed by atoms with Gasteiger partial charge >= 0.3 is 0 Å². The third kappa shape index (κ3) is 3.54. The molecule has 4 nitrogen and oxygen atoms in total. The minimum absolute atomic E-state index is 0.320. The normalized spacial score (nSPS) is 10.3. The average Bonchev–Trinajstić information content (AvgIpc) is 2.37. The van der Waals surface area contributed by atoms with E-state index in [-0.39, 0.29) is 5.82 Å². The molecule has 19 heavy (non-hydrogen) atoms. The average molecular weight is 346 g/mol. The summed E-state index contributed by atoms with van der Waals surface area (Å²) in [4.78, 5) is 8.28. The summed E-state index contributed by atoms with van der Waals surface area (Å²) in [5.41, 5.74) is 0.671. The lowest BCUT2D eigenvalue weighted by Gasteiger charge is -2.10. The third-order valence-corrected chi connectivity index (χ3v) is 3.20. The molecule has 1 aromatic carbocycles. The molecule has 0 unspecified atom stereocenters. The molecule has 0 bridgehead atoms. The highest BCUT2D eigenvalue weighted by Gasteiger charge is 2.08. The van der Waals surface area contributed by atoms with Crippen LogP contribution >= 0.6 is 27.5 Å². The topological polar surface area (TPSA) is 49.8 Å². The zero-order valence-corrected chi connectivity index (χ0v) is 12.4. The van der Waals surface area contributed by atoms with Crippen LogP contribution < -0.4 is 10.6 Å². The van der Waals surface area contributed by atoms with Crippen LogP contribution in [0.2, 0.25) is 5.02 Å². The number of nitrogens with zero attached hydrogens (tertiary/aromatic N) is 2. The Labute approximate surface area is 123 Å². The van der Waals surface area contributed by atoms with Crippen LogP contribution in [0.5, 0.6) is 0 Å². The number of halogens is 3. The van der Waals surface area contributed by atoms with E-state index in [9.17, 15) is 4.39 Å². The minimum Gasteiger partial charge on any atom is -0.354 e. The van der Waals surface area contributed by atoms with Gasteiger partial charge in [-0.15, -0.1) is 0 Å². The number of hydrogen-bond donors (Lipinski definition) is 2. The van der Waals surface area contributed by atoms with Gasteiger partial charge in [-0.3, -0.25) is 0 Å². The van der Waals surface area contributed by atoms with Gasteiger partial charge in [-0.2, -0.15) is 4.98 Å². The molecule has 1 heterocycles. The predicted octanol–water partition coefficient (Wildman–Crippen LogP) is 4.21. The summed E-state index contributed by atoms with van der Waals surface area (Å²) in [7, 11) is 0. The zero-order valence-electron chi connectivity index (χ0n) is 10.0. The number of hydrogen-bond acceptors (Lipinski definition) is 4. The molecule has 2 aromatic rings. The standard InChI is InChI=1S/C12H11BrClFN4/c1-2-16-12-17-6-9(14)11(19-12)18-10-4-3-7(15)5-8(10)13/h3-6H,2H2,1H3,(H2,16,17,18,19). The first kappa shape index (κ1) is 14.0. The van der Waals surface area contributed by atoms with E-state index in [2.05, 4.69) is 36.5 Å². The fraction of sp³-hybridized carbons (Fsp3) is 0.167. The molecule has 0 radical (unpaired) electrons. The van der Waals surface area contributed by atoms with Gasteiger partial charge < -0.3 is 10.6 Å². The lowest BCUT2D eigenvalue weighted by atomic mass is 10.3. The van der Waals surface area contributed by atoms with Gasteiger partial charge in [0.15, 0.2) is 5.82 Å². The zero-order chi connectivity index (χ0) is 13.8. The Balaban J connectivity index is 2.29. The summed E-state index contributed by atoms with van der Waals surface area (Å²) in [6.45, 7) is 2.66. The molecule has 1 aromatic heterocycles. The SMILES string of the molecule is CCNc1ncc(Cl)c(Nc2ccc(F)cc2Br)n1. The van der Waals surface area contributed by atoms with E-state index < -0.39 is 0 Å². The van der Waals surface area contributed by atoms with E-state index in [4.69, 9.17) is 11.6 Å². The Morgan fingerprint density at radius 1 is 1.42 bits per heavy atom. The van der Waals surface area contributed by atoms with Crippen molar-refractivity contribution in [3.8, 4) is 0 Å². The lowest BCUT2D eigenvalue weighted by Crippen LogP contribution is -2.04. The minimum atomic E-state index is -0.320. The van der Waals surface area contributed by atoms with Gasteiger partial charge in [0.1, 0.15) is 10.8 Å². The van der Waals surface area contributed by atoms with Crippen LogP contribution in [-0.4, -0.2) is 16.5 Å². The number of nitrogens with one attached hydrogen (secondary N) is 2. The van der Waals surface area contributed by atoms with Crippen molar-refractivity contribution >= 4 is 45.0 Å². The summed E-state index contributed by atoms with van der Waals surface area (Å²) in [6.07, 6.45) is 1.51. The fourth-order valence-electron chi connectivity index (χ4n) is 1.42. The summed E-state index contributed by atoms with van der Waals surface area (Å²) < 4.78 is 13.6. The number of rotatable bonds is 4. The maximum absolute atomic E-state index is 13.0. The van der Waals surface area contributed by atoms with Crippen molar-refractivity contribution in [2.45, 2.75) is 6.92 Å². The Bertz CT molecular complexity index is 594. The van der Waals surface area contributed by atoms with Crippen molar-refractivity contribution in [2.75, 3.05) is 17.2 Å². The molecule has 100 valence electrons. The molecule has 2 rings (SSSR count). The van der Waals surface area contributed by atoms with Crippen molar-refractivity contribution in [1.29, 1.82) is 0 Å². The van der Waals surface area contributed by atoms with Gasteiger partial charge in [0.05, 0.1) is 11.9 Å². The molecule has 0 aliphatic heterocycles. The molecule has 0 fully saturated rings. The monoisotopic (exact) mass is 344 g/mol. The van der Waals surface area contributed by atoms with E-state index in [0.29, 0.717) is 33.5 Å². The van der Waals surface area contributed by atoms with Crippen LogP contribution in [0.4, 0.5) is 21.8 Å². The summed E-state index contributed by atoms with van der Waals surface area (Å²) in [5, 5.41) is 6.41. The fourth-order valence-corrected chi connectivity index (χ4v) is 2.00. The van der Waals surface area contributed by atoms with Crippen LogP contribution in [0.15, 0.2) is 28.9 Å². The second-order valence-corrected chi connectivity index (χ2v) is 4.93. The predicted molar refractivity (Wildman–Crippen MR) is 78.6 cm³/mol. The molecule has 2 N–H and O–H groups in total. The smallest absolute Gasteiger partial charge is 0.224 e. The maximum Gasteiger partial charge on any atom is 0.224 e. The molecule has 0 aliphatic rings. The van der Waals surface area contributed by atoms with E-state index in [1.165, 1.54) is 18.3 Å². The van der Waals surface area contributed by atoms with E-state index in [0.717, 1.165) is 0 Å². The first-order chi connectivity index (χ1) is 9.10. The van der Waals surface area contributed by atoms with E-state index in [1.54, 1.807) is 6.07 Å². The highest BCUT2D eigenvalue weighted by molar-refractivity contribution is 9.10. The Morgan fingerprint density at radius 3 is 2.89 bits per heavy atom. The molecule has 0 aliphatic carbocycles. The van der Waals surface area contributed by atoms with Crippen molar-refractivity contribution in [2.24, 2.45) is 0 Å². The Kier molecular flexibility index (Phi) is 4.55. The number of anilines is 3. The molecule has 0 saturated carbocycles. The van der Waals surface area contributed by atoms with Gasteiger partial charge in [0.25, 0.3) is 0 Å². The van der Waals surface area contributed by atoms with Gasteiger partial charge in [0.2, 0.25) is 5.95 Å². The van der Waals surface area contributed by atoms with Crippen molar-refractivity contribution < 1.29 is 4.39 Å². The number of benzene rings is 1. The molecule has 0 amide bonds. The molecule has 0 saturated heterocycles. The largest absolute Gasteiger partial charge is 0.354 e. The van der Waals surface area contributed by atoms with Crippen LogP contribution in [0, 0.1) is 5.82 Å². The molecule has 0 atom stereocenters. The van der Waals surface area contributed by atoms with E-state index >= 15 is 0 Å². The number of aromatic nitrogens is 2. The van der Waals surface area contributed by atoms with Crippen molar-refractivity contribution in [1.82, 2.24) is 9.97 Å². The third-order valence-electron chi connectivity index (χ3n) is 2.26. The van der Waals surface area contributed by atoms with Gasteiger partial charge in [-0.05, 0) is 41.1 Å². The summed E-state index contributed by atoms with van der Waals surface area (Å²) in [5.74, 6) is 0.618. The highest BCUT2D eigenvalue weighted by Crippen LogP contribution is 2.29. The van der Waals surface area contributed by atoms with E-state index in [1.807, 2.05) is 6.92 Å². The quantitative estimate of drug-likeness (QED) is 0.871. The second-order valence-electron chi connectivity index (χ2n) is 3.67. The van der Waals surface area contributed by atoms with Crippen molar-refractivity contribution in [3.63, 3.8) is 0 Å². The lowest BCUT2D eigenvalue weighted by molar-refractivity contribution is 0.627.